The normalized spacial score (nSPS) is 21.2. The van der Waals surface area contributed by atoms with E-state index < -0.39 is 36.9 Å². The number of carbonyl (C=O) groups is 4. The highest BCUT2D eigenvalue weighted by atomic mass is 35.5. The Labute approximate surface area is 161 Å². The molecule has 142 valence electrons. The number of hydrogen-bond acceptors (Lipinski definition) is 5. The fourth-order valence-electron chi connectivity index (χ4n) is 3.27. The van der Waals surface area contributed by atoms with E-state index in [2.05, 4.69) is 5.32 Å². The van der Waals surface area contributed by atoms with Crippen molar-refractivity contribution in [3.63, 3.8) is 0 Å². The average molecular weight is 391 g/mol. The second-order valence-electron chi connectivity index (χ2n) is 6.54. The smallest absolute Gasteiger partial charge is 0.326 e. The number of amides is 3. The second kappa shape index (κ2) is 7.92. The van der Waals surface area contributed by atoms with Gasteiger partial charge in [-0.1, -0.05) is 29.8 Å². The second-order valence-corrected chi connectivity index (χ2v) is 6.95. The van der Waals surface area contributed by atoms with Gasteiger partial charge in [0.25, 0.3) is 5.91 Å². The molecule has 0 radical (unpaired) electrons. The predicted molar refractivity (Wildman–Crippen MR) is 97.9 cm³/mol. The summed E-state index contributed by atoms with van der Waals surface area (Å²) in [6.07, 6.45) is 4.75. The maximum absolute atomic E-state index is 12.3. The van der Waals surface area contributed by atoms with Crippen molar-refractivity contribution in [2.24, 2.45) is 11.8 Å². The minimum atomic E-state index is -0.804. The highest BCUT2D eigenvalue weighted by Gasteiger charge is 2.47. The number of benzene rings is 1. The Kier molecular flexibility index (Phi) is 5.60. The number of rotatable bonds is 5. The van der Waals surface area contributed by atoms with Crippen LogP contribution in [-0.4, -0.2) is 41.7 Å². The Bertz CT molecular complexity index is 809. The summed E-state index contributed by atoms with van der Waals surface area (Å²) in [7, 11) is 0. The van der Waals surface area contributed by atoms with Gasteiger partial charge in [-0.3, -0.25) is 24.1 Å². The third-order valence-corrected chi connectivity index (χ3v) is 5.20. The van der Waals surface area contributed by atoms with Crippen LogP contribution < -0.4 is 5.32 Å². The Morgan fingerprint density at radius 2 is 1.81 bits per heavy atom. The summed E-state index contributed by atoms with van der Waals surface area (Å²) >= 11 is 5.99. The van der Waals surface area contributed by atoms with Crippen molar-refractivity contribution in [2.75, 3.05) is 18.5 Å². The van der Waals surface area contributed by atoms with Crippen molar-refractivity contribution in [3.05, 3.63) is 40.9 Å². The number of likely N-dealkylation sites (tertiary alicyclic amines) is 1. The lowest BCUT2D eigenvalue weighted by Gasteiger charge is -2.14. The lowest BCUT2D eigenvalue weighted by molar-refractivity contribution is -0.154. The zero-order valence-corrected chi connectivity index (χ0v) is 15.5. The molecule has 2 atom stereocenters. The van der Waals surface area contributed by atoms with Crippen LogP contribution in [0.1, 0.15) is 18.4 Å². The van der Waals surface area contributed by atoms with Crippen LogP contribution in [0.5, 0.6) is 0 Å². The highest BCUT2D eigenvalue weighted by Crippen LogP contribution is 2.34. The number of hydrogen-bond donors (Lipinski definition) is 1. The number of nitrogens with one attached hydrogen (secondary N) is 1. The van der Waals surface area contributed by atoms with Crippen molar-refractivity contribution >= 4 is 41.0 Å². The van der Waals surface area contributed by atoms with Gasteiger partial charge in [-0.25, -0.2) is 0 Å². The SMILES string of the molecule is Cc1c(Cl)cccc1NC(=O)COC(=O)CN1C(=O)C2CC=CCC2C1=O. The number of carbonyl (C=O) groups excluding carboxylic acids is 4. The lowest BCUT2D eigenvalue weighted by Crippen LogP contribution is -2.37. The molecule has 0 spiro atoms. The van der Waals surface area contributed by atoms with Gasteiger partial charge >= 0.3 is 5.97 Å². The number of nitrogens with zero attached hydrogens (tertiary/aromatic N) is 1. The van der Waals surface area contributed by atoms with Crippen molar-refractivity contribution < 1.29 is 23.9 Å². The van der Waals surface area contributed by atoms with Crippen molar-refractivity contribution in [2.45, 2.75) is 19.8 Å². The van der Waals surface area contributed by atoms with E-state index in [1.165, 1.54) is 0 Å². The third-order valence-electron chi connectivity index (χ3n) is 4.79. The number of fused-ring (bicyclic) bond motifs is 1. The Morgan fingerprint density at radius 1 is 1.19 bits per heavy atom. The zero-order chi connectivity index (χ0) is 19.6. The van der Waals surface area contributed by atoms with Crippen LogP contribution in [-0.2, 0) is 23.9 Å². The van der Waals surface area contributed by atoms with Crippen LogP contribution in [0.3, 0.4) is 0 Å². The molecule has 3 amide bonds. The number of halogens is 1. The van der Waals surface area contributed by atoms with E-state index in [1.807, 2.05) is 12.2 Å². The minimum absolute atomic E-state index is 0.356. The lowest BCUT2D eigenvalue weighted by atomic mass is 9.85. The zero-order valence-electron chi connectivity index (χ0n) is 14.7. The van der Waals surface area contributed by atoms with E-state index >= 15 is 0 Å². The molecule has 1 aliphatic carbocycles. The van der Waals surface area contributed by atoms with Crippen molar-refractivity contribution in [1.29, 1.82) is 0 Å². The molecule has 1 heterocycles. The monoisotopic (exact) mass is 390 g/mol. The predicted octanol–water partition coefficient (Wildman–Crippen LogP) is 2.08. The van der Waals surface area contributed by atoms with Crippen LogP contribution >= 0.6 is 11.6 Å². The number of esters is 1. The van der Waals surface area contributed by atoms with E-state index in [9.17, 15) is 19.2 Å². The molecule has 2 unspecified atom stereocenters. The average Bonchev–Trinajstić information content (AvgIpc) is 2.89. The summed E-state index contributed by atoms with van der Waals surface area (Å²) in [6, 6.07) is 5.07. The summed E-state index contributed by atoms with van der Waals surface area (Å²) in [6.45, 7) is 0.756. The van der Waals surface area contributed by atoms with Crippen molar-refractivity contribution in [1.82, 2.24) is 4.90 Å². The highest BCUT2D eigenvalue weighted by molar-refractivity contribution is 6.31. The topological polar surface area (TPSA) is 92.8 Å². The molecular weight excluding hydrogens is 372 g/mol. The Balaban J connectivity index is 1.51. The molecular formula is C19H19ClN2O5. The number of allylic oxidation sites excluding steroid dienone is 2. The molecule has 0 saturated carbocycles. The Hall–Kier alpha value is -2.67. The summed E-state index contributed by atoms with van der Waals surface area (Å²) in [5.41, 5.74) is 1.22. The largest absolute Gasteiger partial charge is 0.454 e. The molecule has 1 aromatic rings. The number of anilines is 1. The first kappa shape index (κ1) is 19.1. The molecule has 8 heteroatoms. The summed E-state index contributed by atoms with van der Waals surface area (Å²) in [4.78, 5) is 49.5. The van der Waals surface area contributed by atoms with Gasteiger partial charge in [0.1, 0.15) is 6.54 Å². The van der Waals surface area contributed by atoms with Crippen LogP contribution in [0.2, 0.25) is 5.02 Å². The molecule has 0 aromatic heterocycles. The third kappa shape index (κ3) is 4.03. The molecule has 7 nitrogen and oxygen atoms in total. The van der Waals surface area contributed by atoms with Crippen LogP contribution in [0.4, 0.5) is 5.69 Å². The molecule has 1 aliphatic heterocycles. The number of imide groups is 1. The molecule has 1 saturated heterocycles. The summed E-state index contributed by atoms with van der Waals surface area (Å²) in [5.74, 6) is -2.85. The van der Waals surface area contributed by atoms with Crippen LogP contribution in [0, 0.1) is 18.8 Å². The number of ether oxygens (including phenoxy) is 1. The van der Waals surface area contributed by atoms with E-state index in [0.717, 1.165) is 4.90 Å². The quantitative estimate of drug-likeness (QED) is 0.472. The van der Waals surface area contributed by atoms with E-state index in [-0.39, 0.29) is 11.8 Å². The molecule has 27 heavy (non-hydrogen) atoms. The molecule has 1 N–H and O–H groups in total. The first-order chi connectivity index (χ1) is 12.9. The molecule has 2 aliphatic rings. The van der Waals surface area contributed by atoms with Crippen molar-refractivity contribution in [3.8, 4) is 0 Å². The van der Waals surface area contributed by atoms with Gasteiger partial charge in [0.2, 0.25) is 11.8 Å². The van der Waals surface area contributed by atoms with Crippen LogP contribution in [0.15, 0.2) is 30.4 Å². The Morgan fingerprint density at radius 3 is 2.44 bits per heavy atom. The maximum atomic E-state index is 12.3. The fraction of sp³-hybridized carbons (Fsp3) is 0.368. The van der Waals surface area contributed by atoms with Gasteiger partial charge in [0.15, 0.2) is 6.61 Å². The van der Waals surface area contributed by atoms with Gasteiger partial charge in [-0.2, -0.15) is 0 Å². The minimum Gasteiger partial charge on any atom is -0.454 e. The van der Waals surface area contributed by atoms with Gasteiger partial charge < -0.3 is 10.1 Å². The standard InChI is InChI=1S/C19H19ClN2O5/c1-11-14(20)7-4-8-15(11)21-16(23)10-27-17(24)9-22-18(25)12-5-2-3-6-13(12)19(22)26/h2-4,7-8,12-13H,5-6,9-10H2,1H3,(H,21,23). The van der Waals surface area contributed by atoms with Gasteiger partial charge in [0.05, 0.1) is 11.8 Å². The maximum Gasteiger partial charge on any atom is 0.326 e. The molecule has 1 fully saturated rings. The van der Waals surface area contributed by atoms with E-state index in [1.54, 1.807) is 25.1 Å². The molecule has 0 bridgehead atoms. The van der Waals surface area contributed by atoms with E-state index in [4.69, 9.17) is 16.3 Å². The van der Waals surface area contributed by atoms with Gasteiger partial charge in [-0.05, 0) is 37.5 Å². The van der Waals surface area contributed by atoms with Crippen LogP contribution in [0.25, 0.3) is 0 Å². The fourth-order valence-corrected chi connectivity index (χ4v) is 3.45. The summed E-state index contributed by atoms with van der Waals surface area (Å²) < 4.78 is 4.91. The summed E-state index contributed by atoms with van der Waals surface area (Å²) in [5, 5.41) is 3.11. The van der Waals surface area contributed by atoms with E-state index in [0.29, 0.717) is 29.1 Å². The first-order valence-electron chi connectivity index (χ1n) is 8.59. The molecule has 3 rings (SSSR count). The first-order valence-corrected chi connectivity index (χ1v) is 8.97. The van der Waals surface area contributed by atoms with Gasteiger partial charge in [0, 0.05) is 10.7 Å². The molecule has 1 aromatic carbocycles. The van der Waals surface area contributed by atoms with Gasteiger partial charge in [-0.15, -0.1) is 0 Å².